The van der Waals surface area contributed by atoms with Crippen LogP contribution in [0.15, 0.2) is 18.2 Å². The molecule has 1 heterocycles. The van der Waals surface area contributed by atoms with Crippen LogP contribution >= 0.6 is 0 Å². The van der Waals surface area contributed by atoms with Crippen LogP contribution in [0.5, 0.6) is 5.75 Å². The Hall–Kier alpha value is -2.09. The van der Waals surface area contributed by atoms with Crippen molar-refractivity contribution in [1.82, 2.24) is 4.90 Å². The number of hydrogen-bond acceptors (Lipinski definition) is 6. The number of carbonyl (C=O) groups is 2. The molecule has 1 aromatic carbocycles. The smallest absolute Gasteiger partial charge is 0.342 e. The van der Waals surface area contributed by atoms with Crippen molar-refractivity contribution in [2.45, 2.75) is 32.7 Å². The predicted molar refractivity (Wildman–Crippen MR) is 97.1 cm³/mol. The molecule has 1 fully saturated rings. The topological polar surface area (TPSA) is 90.0 Å². The van der Waals surface area contributed by atoms with Gasteiger partial charge in [-0.15, -0.1) is 0 Å². The number of amides is 1. The van der Waals surface area contributed by atoms with E-state index in [0.717, 1.165) is 5.56 Å². The summed E-state index contributed by atoms with van der Waals surface area (Å²) < 4.78 is 33.7. The third-order valence-corrected chi connectivity index (χ3v) is 6.09. The number of methoxy groups -OCH3 is 1. The molecule has 0 spiro atoms. The lowest BCUT2D eigenvalue weighted by atomic mass is 10.1. The van der Waals surface area contributed by atoms with Gasteiger partial charge in [0.1, 0.15) is 11.3 Å². The van der Waals surface area contributed by atoms with E-state index in [1.807, 2.05) is 19.9 Å². The van der Waals surface area contributed by atoms with E-state index in [2.05, 4.69) is 0 Å². The van der Waals surface area contributed by atoms with Crippen LogP contribution in [0.25, 0.3) is 0 Å². The molecule has 0 saturated carbocycles. The Morgan fingerprint density at radius 3 is 2.62 bits per heavy atom. The number of sulfone groups is 1. The van der Waals surface area contributed by atoms with Gasteiger partial charge in [-0.3, -0.25) is 4.79 Å². The van der Waals surface area contributed by atoms with Crippen molar-refractivity contribution in [3.8, 4) is 5.75 Å². The fourth-order valence-electron chi connectivity index (χ4n) is 3.04. The van der Waals surface area contributed by atoms with Gasteiger partial charge in [0.25, 0.3) is 5.91 Å². The zero-order valence-corrected chi connectivity index (χ0v) is 16.2. The first kappa shape index (κ1) is 20.2. The van der Waals surface area contributed by atoms with Gasteiger partial charge in [-0.1, -0.05) is 18.6 Å². The first-order chi connectivity index (χ1) is 12.3. The van der Waals surface area contributed by atoms with Crippen LogP contribution in [-0.2, 0) is 19.4 Å². The predicted octanol–water partition coefficient (Wildman–Crippen LogP) is 1.59. The minimum atomic E-state index is -3.10. The average Bonchev–Trinajstić information content (AvgIpc) is 2.96. The molecule has 1 amide bonds. The molecule has 0 aliphatic carbocycles. The minimum Gasteiger partial charge on any atom is -0.496 e. The summed E-state index contributed by atoms with van der Waals surface area (Å²) in [6.45, 7) is 3.76. The highest BCUT2D eigenvalue weighted by molar-refractivity contribution is 7.91. The standard InChI is InChI=1S/C18H25NO6S/c1-4-8-19(14-7-9-26(22,23)12-14)17(20)11-25-18(21)15-10-13(2)5-6-16(15)24-3/h5-6,10,14H,4,7-9,11-12H2,1-3H3/t14-/m0/s1. The molecule has 8 heteroatoms. The van der Waals surface area contributed by atoms with E-state index in [-0.39, 0.29) is 29.0 Å². The van der Waals surface area contributed by atoms with Gasteiger partial charge in [0, 0.05) is 12.6 Å². The quantitative estimate of drug-likeness (QED) is 0.664. The van der Waals surface area contributed by atoms with Crippen molar-refractivity contribution in [3.63, 3.8) is 0 Å². The largest absolute Gasteiger partial charge is 0.496 e. The molecule has 1 atom stereocenters. The van der Waals surface area contributed by atoms with Crippen molar-refractivity contribution in [3.05, 3.63) is 29.3 Å². The van der Waals surface area contributed by atoms with Crippen LogP contribution in [0, 0.1) is 6.92 Å². The van der Waals surface area contributed by atoms with Crippen molar-refractivity contribution in [2.75, 3.05) is 31.8 Å². The Morgan fingerprint density at radius 2 is 2.04 bits per heavy atom. The maximum atomic E-state index is 12.5. The molecule has 1 aliphatic heterocycles. The third-order valence-electron chi connectivity index (χ3n) is 4.34. The summed E-state index contributed by atoms with van der Waals surface area (Å²) in [5, 5.41) is 0. The highest BCUT2D eigenvalue weighted by atomic mass is 32.2. The zero-order valence-electron chi connectivity index (χ0n) is 15.4. The highest BCUT2D eigenvalue weighted by Crippen LogP contribution is 2.21. The number of aryl methyl sites for hydroxylation is 1. The van der Waals surface area contributed by atoms with Gasteiger partial charge in [-0.05, 0) is 31.9 Å². The second-order valence-corrected chi connectivity index (χ2v) is 8.65. The normalized spacial score (nSPS) is 18.3. The molecule has 0 bridgehead atoms. The van der Waals surface area contributed by atoms with Gasteiger partial charge in [-0.25, -0.2) is 13.2 Å². The Kier molecular flexibility index (Phi) is 6.63. The van der Waals surface area contributed by atoms with E-state index in [1.165, 1.54) is 12.0 Å². The van der Waals surface area contributed by atoms with Gasteiger partial charge in [0.15, 0.2) is 16.4 Å². The molecule has 0 aromatic heterocycles. The van der Waals surface area contributed by atoms with E-state index in [9.17, 15) is 18.0 Å². The number of nitrogens with zero attached hydrogens (tertiary/aromatic N) is 1. The summed E-state index contributed by atoms with van der Waals surface area (Å²) >= 11 is 0. The Morgan fingerprint density at radius 1 is 1.31 bits per heavy atom. The zero-order chi connectivity index (χ0) is 19.3. The molecule has 0 radical (unpaired) electrons. The van der Waals surface area contributed by atoms with Gasteiger partial charge >= 0.3 is 5.97 Å². The van der Waals surface area contributed by atoms with E-state index in [0.29, 0.717) is 25.1 Å². The lowest BCUT2D eigenvalue weighted by Crippen LogP contribution is -2.43. The molecule has 2 rings (SSSR count). The van der Waals surface area contributed by atoms with Crippen LogP contribution in [0.3, 0.4) is 0 Å². The van der Waals surface area contributed by atoms with Gasteiger partial charge in [-0.2, -0.15) is 0 Å². The Labute approximate surface area is 154 Å². The second kappa shape index (κ2) is 8.53. The fourth-order valence-corrected chi connectivity index (χ4v) is 4.77. The minimum absolute atomic E-state index is 0.0294. The lowest BCUT2D eigenvalue weighted by molar-refractivity contribution is -0.136. The van der Waals surface area contributed by atoms with Crippen LogP contribution in [0.2, 0.25) is 0 Å². The molecular weight excluding hydrogens is 358 g/mol. The summed E-state index contributed by atoms with van der Waals surface area (Å²) in [6.07, 6.45) is 1.12. The van der Waals surface area contributed by atoms with Gasteiger partial charge in [0.2, 0.25) is 0 Å². The Balaban J connectivity index is 2.03. The molecule has 0 N–H and O–H groups in total. The van der Waals surface area contributed by atoms with Gasteiger partial charge < -0.3 is 14.4 Å². The van der Waals surface area contributed by atoms with Crippen LogP contribution in [0.4, 0.5) is 0 Å². The monoisotopic (exact) mass is 383 g/mol. The van der Waals surface area contributed by atoms with Crippen molar-refractivity contribution in [2.24, 2.45) is 0 Å². The Bertz CT molecular complexity index is 774. The van der Waals surface area contributed by atoms with Crippen molar-refractivity contribution >= 4 is 21.7 Å². The van der Waals surface area contributed by atoms with Crippen LogP contribution in [-0.4, -0.2) is 63.0 Å². The molecular formula is C18H25NO6S. The van der Waals surface area contributed by atoms with Crippen LogP contribution < -0.4 is 4.74 Å². The maximum absolute atomic E-state index is 12.5. The summed E-state index contributed by atoms with van der Waals surface area (Å²) in [5.41, 5.74) is 1.12. The summed E-state index contributed by atoms with van der Waals surface area (Å²) in [4.78, 5) is 26.3. The molecule has 1 aliphatic rings. The van der Waals surface area contributed by atoms with Crippen molar-refractivity contribution in [1.29, 1.82) is 0 Å². The maximum Gasteiger partial charge on any atom is 0.342 e. The first-order valence-corrected chi connectivity index (χ1v) is 10.4. The average molecular weight is 383 g/mol. The molecule has 26 heavy (non-hydrogen) atoms. The second-order valence-electron chi connectivity index (χ2n) is 6.42. The first-order valence-electron chi connectivity index (χ1n) is 8.59. The van der Waals surface area contributed by atoms with E-state index in [4.69, 9.17) is 9.47 Å². The number of hydrogen-bond donors (Lipinski definition) is 0. The molecule has 1 saturated heterocycles. The summed E-state index contributed by atoms with van der Waals surface area (Å²) in [5.74, 6) is -0.590. The SMILES string of the molecule is CCCN(C(=O)COC(=O)c1cc(C)ccc1OC)[C@H]1CCS(=O)(=O)C1. The molecule has 1 aromatic rings. The van der Waals surface area contributed by atoms with Gasteiger partial charge in [0.05, 0.1) is 18.6 Å². The summed E-state index contributed by atoms with van der Waals surface area (Å²) in [7, 11) is -1.64. The lowest BCUT2D eigenvalue weighted by Gasteiger charge is -2.27. The van der Waals surface area contributed by atoms with E-state index in [1.54, 1.807) is 12.1 Å². The number of benzene rings is 1. The highest BCUT2D eigenvalue weighted by Gasteiger charge is 2.34. The summed E-state index contributed by atoms with van der Waals surface area (Å²) in [6, 6.07) is 4.77. The molecule has 0 unspecified atom stereocenters. The van der Waals surface area contributed by atoms with E-state index < -0.39 is 22.4 Å². The molecule has 144 valence electrons. The fraction of sp³-hybridized carbons (Fsp3) is 0.556. The van der Waals surface area contributed by atoms with E-state index >= 15 is 0 Å². The van der Waals surface area contributed by atoms with Crippen molar-refractivity contribution < 1.29 is 27.5 Å². The number of ether oxygens (including phenoxy) is 2. The number of carbonyl (C=O) groups excluding carboxylic acids is 2. The number of rotatable bonds is 7. The third kappa shape index (κ3) is 4.97. The molecule has 7 nitrogen and oxygen atoms in total. The van der Waals surface area contributed by atoms with Crippen LogP contribution in [0.1, 0.15) is 35.7 Å². The number of esters is 1.